The number of hydrazine groups is 1. The van der Waals surface area contributed by atoms with E-state index in [4.69, 9.17) is 0 Å². The Morgan fingerprint density at radius 3 is 2.82 bits per heavy atom. The maximum Gasteiger partial charge on any atom is 0.100 e. The molecule has 2 aliphatic rings. The molecular weight excluding hydrogens is 216 g/mol. The minimum Gasteiger partial charge on any atom is -0.392 e. The van der Waals surface area contributed by atoms with Gasteiger partial charge in [0.2, 0.25) is 0 Å². The molecular formula is C12H20N4O. The van der Waals surface area contributed by atoms with Gasteiger partial charge in [0.05, 0.1) is 12.4 Å². The third-order valence-corrected chi connectivity index (χ3v) is 3.82. The normalized spacial score (nSPS) is 32.1. The fraction of sp³-hybridized carbons (Fsp3) is 0.750. The van der Waals surface area contributed by atoms with Gasteiger partial charge in [-0.1, -0.05) is 0 Å². The van der Waals surface area contributed by atoms with Gasteiger partial charge in [-0.3, -0.25) is 0 Å². The zero-order valence-electron chi connectivity index (χ0n) is 10.1. The lowest BCUT2D eigenvalue weighted by molar-refractivity contribution is -0.0946. The molecule has 3 heterocycles. The zero-order valence-corrected chi connectivity index (χ0v) is 10.1. The third kappa shape index (κ3) is 2.22. The smallest absolute Gasteiger partial charge is 0.100 e. The summed E-state index contributed by atoms with van der Waals surface area (Å²) in [5, 5.41) is 14.4. The molecule has 1 aromatic heterocycles. The van der Waals surface area contributed by atoms with E-state index in [1.165, 1.54) is 19.3 Å². The van der Waals surface area contributed by atoms with Crippen molar-refractivity contribution in [3.63, 3.8) is 0 Å². The SMILES string of the molecule is OC1CCN(N2CCCCC2n2ccnc2)C1. The van der Waals surface area contributed by atoms with Gasteiger partial charge in [-0.15, -0.1) is 0 Å². The standard InChI is InChI=1S/C12H20N4O/c17-11-4-7-15(9-11)16-6-2-1-3-12(16)14-8-5-13-10-14/h5,8,10-12,17H,1-4,6-7,9H2. The number of aliphatic hydroxyl groups is 1. The van der Waals surface area contributed by atoms with Crippen molar-refractivity contribution in [3.05, 3.63) is 18.7 Å². The number of hydrogen-bond acceptors (Lipinski definition) is 4. The summed E-state index contributed by atoms with van der Waals surface area (Å²) >= 11 is 0. The minimum absolute atomic E-state index is 0.152. The van der Waals surface area contributed by atoms with E-state index in [0.717, 1.165) is 26.1 Å². The lowest BCUT2D eigenvalue weighted by atomic mass is 10.1. The molecule has 0 aliphatic carbocycles. The first-order valence-electron chi connectivity index (χ1n) is 6.51. The Hall–Kier alpha value is -0.910. The Kier molecular flexibility index (Phi) is 3.13. The monoisotopic (exact) mass is 236 g/mol. The second kappa shape index (κ2) is 4.76. The molecule has 0 amide bonds. The van der Waals surface area contributed by atoms with Crippen LogP contribution in [-0.2, 0) is 0 Å². The van der Waals surface area contributed by atoms with Crippen molar-refractivity contribution in [3.8, 4) is 0 Å². The number of piperidine rings is 1. The van der Waals surface area contributed by atoms with Gasteiger partial charge in [0.15, 0.2) is 0 Å². The molecule has 2 unspecified atom stereocenters. The van der Waals surface area contributed by atoms with E-state index in [-0.39, 0.29) is 6.10 Å². The predicted octanol–water partition coefficient (Wildman–Crippen LogP) is 0.849. The van der Waals surface area contributed by atoms with Crippen LogP contribution in [0.5, 0.6) is 0 Å². The highest BCUT2D eigenvalue weighted by Crippen LogP contribution is 2.29. The Balaban J connectivity index is 1.76. The number of imidazole rings is 1. The largest absolute Gasteiger partial charge is 0.392 e. The molecule has 17 heavy (non-hydrogen) atoms. The molecule has 3 rings (SSSR count). The van der Waals surface area contributed by atoms with E-state index in [1.54, 1.807) is 0 Å². The minimum atomic E-state index is -0.152. The second-order valence-electron chi connectivity index (χ2n) is 5.00. The van der Waals surface area contributed by atoms with Crippen molar-refractivity contribution in [1.82, 2.24) is 19.6 Å². The van der Waals surface area contributed by atoms with E-state index >= 15 is 0 Å². The van der Waals surface area contributed by atoms with Crippen LogP contribution in [0.3, 0.4) is 0 Å². The maximum absolute atomic E-state index is 9.66. The van der Waals surface area contributed by atoms with Crippen LogP contribution in [0.4, 0.5) is 0 Å². The molecule has 0 bridgehead atoms. The summed E-state index contributed by atoms with van der Waals surface area (Å²) in [6, 6.07) is 0. The van der Waals surface area contributed by atoms with Crippen molar-refractivity contribution in [2.24, 2.45) is 0 Å². The lowest BCUT2D eigenvalue weighted by Crippen LogP contribution is -2.48. The molecule has 0 spiro atoms. The first kappa shape index (κ1) is 11.2. The van der Waals surface area contributed by atoms with E-state index in [1.807, 2.05) is 18.7 Å². The molecule has 94 valence electrons. The highest BCUT2D eigenvalue weighted by molar-refractivity contribution is 4.84. The molecule has 1 aromatic rings. The summed E-state index contributed by atoms with van der Waals surface area (Å²) in [4.78, 5) is 4.14. The number of rotatable bonds is 2. The van der Waals surface area contributed by atoms with E-state index < -0.39 is 0 Å². The van der Waals surface area contributed by atoms with Gasteiger partial charge in [-0.2, -0.15) is 0 Å². The number of aliphatic hydroxyl groups excluding tert-OH is 1. The number of hydrogen-bond donors (Lipinski definition) is 1. The number of aromatic nitrogens is 2. The van der Waals surface area contributed by atoms with Gasteiger partial charge >= 0.3 is 0 Å². The van der Waals surface area contributed by atoms with E-state index in [2.05, 4.69) is 19.6 Å². The molecule has 2 fully saturated rings. The van der Waals surface area contributed by atoms with Crippen LogP contribution < -0.4 is 0 Å². The highest BCUT2D eigenvalue weighted by Gasteiger charge is 2.32. The topological polar surface area (TPSA) is 44.5 Å². The fourth-order valence-electron chi connectivity index (χ4n) is 2.93. The van der Waals surface area contributed by atoms with E-state index in [0.29, 0.717) is 6.17 Å². The fourth-order valence-corrected chi connectivity index (χ4v) is 2.93. The Labute approximate surface area is 102 Å². The second-order valence-corrected chi connectivity index (χ2v) is 5.00. The van der Waals surface area contributed by atoms with Gasteiger partial charge in [-0.05, 0) is 25.7 Å². The van der Waals surface area contributed by atoms with Crippen molar-refractivity contribution in [2.75, 3.05) is 19.6 Å². The van der Waals surface area contributed by atoms with Crippen LogP contribution in [-0.4, -0.2) is 50.4 Å². The molecule has 2 saturated heterocycles. The summed E-state index contributed by atoms with van der Waals surface area (Å²) in [5.74, 6) is 0. The van der Waals surface area contributed by atoms with Crippen LogP contribution in [0.1, 0.15) is 31.8 Å². The number of β-amino-alcohol motifs (C(OH)–C–C–N with tert-alkyl or cyclic N) is 1. The first-order chi connectivity index (χ1) is 8.34. The molecule has 2 aliphatic heterocycles. The summed E-state index contributed by atoms with van der Waals surface area (Å²) in [7, 11) is 0. The molecule has 2 atom stereocenters. The van der Waals surface area contributed by atoms with Crippen LogP contribution in [0.25, 0.3) is 0 Å². The zero-order chi connectivity index (χ0) is 11.7. The van der Waals surface area contributed by atoms with E-state index in [9.17, 15) is 5.11 Å². The Morgan fingerprint density at radius 2 is 2.12 bits per heavy atom. The Bertz CT molecular complexity index is 353. The summed E-state index contributed by atoms with van der Waals surface area (Å²) in [6.07, 6.45) is 10.6. The molecule has 0 radical (unpaired) electrons. The molecule has 0 saturated carbocycles. The predicted molar refractivity (Wildman–Crippen MR) is 64.0 cm³/mol. The van der Waals surface area contributed by atoms with Crippen molar-refractivity contribution < 1.29 is 5.11 Å². The summed E-state index contributed by atoms with van der Waals surface area (Å²) in [6.45, 7) is 2.85. The number of nitrogens with zero attached hydrogens (tertiary/aromatic N) is 4. The van der Waals surface area contributed by atoms with Crippen LogP contribution in [0, 0.1) is 0 Å². The van der Waals surface area contributed by atoms with Gasteiger partial charge in [0.1, 0.15) is 6.17 Å². The van der Waals surface area contributed by atoms with Gasteiger partial charge in [0.25, 0.3) is 0 Å². The Morgan fingerprint density at radius 1 is 1.18 bits per heavy atom. The van der Waals surface area contributed by atoms with Crippen LogP contribution in [0.15, 0.2) is 18.7 Å². The van der Waals surface area contributed by atoms with Crippen LogP contribution in [0.2, 0.25) is 0 Å². The van der Waals surface area contributed by atoms with Crippen molar-refractivity contribution in [1.29, 1.82) is 0 Å². The van der Waals surface area contributed by atoms with Crippen LogP contribution >= 0.6 is 0 Å². The van der Waals surface area contributed by atoms with Gasteiger partial charge in [-0.25, -0.2) is 15.0 Å². The quantitative estimate of drug-likeness (QED) is 0.827. The highest BCUT2D eigenvalue weighted by atomic mass is 16.3. The van der Waals surface area contributed by atoms with Crippen molar-refractivity contribution >= 4 is 0 Å². The third-order valence-electron chi connectivity index (χ3n) is 3.82. The molecule has 5 nitrogen and oxygen atoms in total. The van der Waals surface area contributed by atoms with Gasteiger partial charge < -0.3 is 9.67 Å². The molecule has 1 N–H and O–H groups in total. The lowest BCUT2D eigenvalue weighted by Gasteiger charge is -2.41. The molecule has 0 aromatic carbocycles. The molecule has 5 heteroatoms. The van der Waals surface area contributed by atoms with Crippen molar-refractivity contribution in [2.45, 2.75) is 38.0 Å². The first-order valence-corrected chi connectivity index (χ1v) is 6.51. The van der Waals surface area contributed by atoms with Gasteiger partial charge in [0, 0.05) is 32.0 Å². The maximum atomic E-state index is 9.66. The average Bonchev–Trinajstić information content (AvgIpc) is 3.00. The summed E-state index contributed by atoms with van der Waals surface area (Å²) in [5.41, 5.74) is 0. The average molecular weight is 236 g/mol. The summed E-state index contributed by atoms with van der Waals surface area (Å²) < 4.78 is 2.18.